The Kier molecular flexibility index (Phi) is 3.56. The number of benzene rings is 2. The normalized spacial score (nSPS) is 23.3. The third kappa shape index (κ3) is 2.53. The molecule has 2 N–H and O–H groups in total. The van der Waals surface area contributed by atoms with E-state index in [9.17, 15) is 0 Å². The van der Waals surface area contributed by atoms with E-state index in [4.69, 9.17) is 0 Å². The van der Waals surface area contributed by atoms with Gasteiger partial charge in [0.05, 0.1) is 5.69 Å². The molecule has 1 fully saturated rings. The SMILES string of the molecule is c1ccc2c3c(ccc2c1)CC(C1CCCCCC1)NN3. The highest BCUT2D eigenvalue weighted by Gasteiger charge is 2.27. The van der Waals surface area contributed by atoms with Crippen LogP contribution in [0.25, 0.3) is 10.8 Å². The molecule has 0 radical (unpaired) electrons. The number of nitrogens with one attached hydrogen (secondary N) is 2. The van der Waals surface area contributed by atoms with E-state index in [1.54, 1.807) is 0 Å². The van der Waals surface area contributed by atoms with Gasteiger partial charge in [-0.05, 0) is 36.1 Å². The van der Waals surface area contributed by atoms with Gasteiger partial charge in [-0.1, -0.05) is 62.1 Å². The van der Waals surface area contributed by atoms with Crippen LogP contribution in [0.2, 0.25) is 0 Å². The number of anilines is 1. The second kappa shape index (κ2) is 5.69. The molecule has 0 spiro atoms. The van der Waals surface area contributed by atoms with Crippen LogP contribution >= 0.6 is 0 Å². The van der Waals surface area contributed by atoms with Gasteiger partial charge in [-0.2, -0.15) is 0 Å². The van der Waals surface area contributed by atoms with Crippen LogP contribution in [-0.4, -0.2) is 6.04 Å². The minimum atomic E-state index is 0.594. The maximum Gasteiger partial charge on any atom is 0.0598 e. The summed E-state index contributed by atoms with van der Waals surface area (Å²) in [7, 11) is 0. The molecule has 1 heterocycles. The molecule has 4 rings (SSSR count). The predicted molar refractivity (Wildman–Crippen MR) is 89.4 cm³/mol. The minimum absolute atomic E-state index is 0.594. The van der Waals surface area contributed by atoms with Crippen molar-refractivity contribution in [3.05, 3.63) is 42.0 Å². The lowest BCUT2D eigenvalue weighted by Gasteiger charge is -2.33. The molecule has 21 heavy (non-hydrogen) atoms. The van der Waals surface area contributed by atoms with Crippen molar-refractivity contribution in [2.45, 2.75) is 51.0 Å². The molecule has 1 atom stereocenters. The van der Waals surface area contributed by atoms with Crippen molar-refractivity contribution >= 4 is 16.5 Å². The van der Waals surface area contributed by atoms with Gasteiger partial charge < -0.3 is 5.43 Å². The molecule has 1 unspecified atom stereocenters. The second-order valence-corrected chi connectivity index (χ2v) is 6.65. The number of hydrogen-bond donors (Lipinski definition) is 2. The van der Waals surface area contributed by atoms with Crippen molar-refractivity contribution in [2.24, 2.45) is 5.92 Å². The lowest BCUT2D eigenvalue weighted by atomic mass is 9.86. The van der Waals surface area contributed by atoms with Crippen LogP contribution in [0.1, 0.15) is 44.1 Å². The topological polar surface area (TPSA) is 24.1 Å². The molecule has 2 aromatic rings. The molecular formula is C19H24N2. The van der Waals surface area contributed by atoms with Gasteiger partial charge in [0.1, 0.15) is 0 Å². The van der Waals surface area contributed by atoms with Gasteiger partial charge in [0.15, 0.2) is 0 Å². The highest BCUT2D eigenvalue weighted by Crippen LogP contribution is 2.34. The average molecular weight is 280 g/mol. The van der Waals surface area contributed by atoms with E-state index < -0.39 is 0 Å². The summed E-state index contributed by atoms with van der Waals surface area (Å²) in [5.41, 5.74) is 9.90. The Morgan fingerprint density at radius 3 is 2.52 bits per heavy atom. The summed E-state index contributed by atoms with van der Waals surface area (Å²) in [5.74, 6) is 0.833. The van der Waals surface area contributed by atoms with Gasteiger partial charge in [-0.15, -0.1) is 0 Å². The van der Waals surface area contributed by atoms with Gasteiger partial charge in [0, 0.05) is 11.4 Å². The Morgan fingerprint density at radius 2 is 1.67 bits per heavy atom. The summed E-state index contributed by atoms with van der Waals surface area (Å²) in [6.45, 7) is 0. The van der Waals surface area contributed by atoms with Crippen LogP contribution in [0.4, 0.5) is 5.69 Å². The van der Waals surface area contributed by atoms with E-state index in [-0.39, 0.29) is 0 Å². The Bertz CT molecular complexity index is 626. The molecule has 2 nitrogen and oxygen atoms in total. The van der Waals surface area contributed by atoms with Crippen LogP contribution in [-0.2, 0) is 6.42 Å². The van der Waals surface area contributed by atoms with Crippen molar-refractivity contribution in [3.63, 3.8) is 0 Å². The van der Waals surface area contributed by atoms with Crippen LogP contribution in [0.15, 0.2) is 36.4 Å². The number of hydrogen-bond acceptors (Lipinski definition) is 2. The largest absolute Gasteiger partial charge is 0.320 e. The zero-order chi connectivity index (χ0) is 14.1. The first kappa shape index (κ1) is 13.1. The number of hydrazine groups is 1. The first-order chi connectivity index (χ1) is 10.4. The number of fused-ring (bicyclic) bond motifs is 3. The fraction of sp³-hybridized carbons (Fsp3) is 0.474. The van der Waals surface area contributed by atoms with Crippen molar-refractivity contribution in [3.8, 4) is 0 Å². The van der Waals surface area contributed by atoms with E-state index in [0.29, 0.717) is 6.04 Å². The van der Waals surface area contributed by atoms with Crippen molar-refractivity contribution in [1.82, 2.24) is 5.43 Å². The molecular weight excluding hydrogens is 256 g/mol. The van der Waals surface area contributed by atoms with Crippen molar-refractivity contribution in [1.29, 1.82) is 0 Å². The van der Waals surface area contributed by atoms with E-state index in [1.165, 1.54) is 60.5 Å². The van der Waals surface area contributed by atoms with Gasteiger partial charge in [0.25, 0.3) is 0 Å². The standard InChI is InChI=1S/C19H24N2/c1-2-4-9-15(8-3-1)18-13-16-12-11-14-7-5-6-10-17(14)19(16)21-20-18/h5-7,10-12,15,18,20-21H,1-4,8-9,13H2. The third-order valence-electron chi connectivity index (χ3n) is 5.31. The molecule has 2 aromatic carbocycles. The first-order valence-electron chi connectivity index (χ1n) is 8.44. The van der Waals surface area contributed by atoms with Gasteiger partial charge in [-0.25, -0.2) is 5.43 Å². The summed E-state index contributed by atoms with van der Waals surface area (Å²) in [6, 6.07) is 13.8. The molecule has 1 saturated carbocycles. The van der Waals surface area contributed by atoms with E-state index in [1.807, 2.05) is 0 Å². The van der Waals surface area contributed by atoms with Crippen LogP contribution < -0.4 is 10.9 Å². The lowest BCUT2D eigenvalue weighted by molar-refractivity contribution is 0.325. The summed E-state index contributed by atoms with van der Waals surface area (Å²) in [4.78, 5) is 0. The van der Waals surface area contributed by atoms with Crippen molar-refractivity contribution < 1.29 is 0 Å². The molecule has 2 heteroatoms. The summed E-state index contributed by atoms with van der Waals surface area (Å²) in [6.07, 6.45) is 9.62. The zero-order valence-electron chi connectivity index (χ0n) is 12.6. The molecule has 0 bridgehead atoms. The number of rotatable bonds is 1. The monoisotopic (exact) mass is 280 g/mol. The minimum Gasteiger partial charge on any atom is -0.320 e. The van der Waals surface area contributed by atoms with Crippen LogP contribution in [0.3, 0.4) is 0 Å². The van der Waals surface area contributed by atoms with Crippen molar-refractivity contribution in [2.75, 3.05) is 5.43 Å². The fourth-order valence-corrected chi connectivity index (χ4v) is 4.09. The van der Waals surface area contributed by atoms with Gasteiger partial charge >= 0.3 is 0 Å². The maximum absolute atomic E-state index is 3.61. The Balaban J connectivity index is 1.61. The summed E-state index contributed by atoms with van der Waals surface area (Å²) in [5, 5.41) is 2.65. The molecule has 1 aliphatic carbocycles. The smallest absolute Gasteiger partial charge is 0.0598 e. The van der Waals surface area contributed by atoms with E-state index >= 15 is 0 Å². The van der Waals surface area contributed by atoms with Gasteiger partial charge in [0.2, 0.25) is 0 Å². The molecule has 110 valence electrons. The van der Waals surface area contributed by atoms with Gasteiger partial charge in [-0.3, -0.25) is 0 Å². The summed E-state index contributed by atoms with van der Waals surface area (Å²) >= 11 is 0. The molecule has 0 saturated heterocycles. The third-order valence-corrected chi connectivity index (χ3v) is 5.31. The predicted octanol–water partition coefficient (Wildman–Crippen LogP) is 4.65. The average Bonchev–Trinajstić information content (AvgIpc) is 2.83. The second-order valence-electron chi connectivity index (χ2n) is 6.65. The molecule has 0 aromatic heterocycles. The van der Waals surface area contributed by atoms with Crippen LogP contribution in [0, 0.1) is 5.92 Å². The quantitative estimate of drug-likeness (QED) is 0.743. The summed E-state index contributed by atoms with van der Waals surface area (Å²) < 4.78 is 0. The zero-order valence-corrected chi connectivity index (χ0v) is 12.6. The molecule has 2 aliphatic rings. The Morgan fingerprint density at radius 1 is 0.857 bits per heavy atom. The Hall–Kier alpha value is -1.54. The van der Waals surface area contributed by atoms with Crippen LogP contribution in [0.5, 0.6) is 0 Å². The van der Waals surface area contributed by atoms with E-state index in [2.05, 4.69) is 47.2 Å². The Labute approximate surface area is 126 Å². The fourth-order valence-electron chi connectivity index (χ4n) is 4.09. The lowest BCUT2D eigenvalue weighted by Crippen LogP contribution is -2.44. The maximum atomic E-state index is 3.61. The molecule has 0 amide bonds. The highest BCUT2D eigenvalue weighted by atomic mass is 15.4. The van der Waals surface area contributed by atoms with E-state index in [0.717, 1.165) is 12.3 Å². The first-order valence-corrected chi connectivity index (χ1v) is 8.44. The molecule has 1 aliphatic heterocycles. The highest BCUT2D eigenvalue weighted by molar-refractivity contribution is 5.95.